The number of aryl methyl sites for hydroxylation is 1. The molecule has 1 fully saturated rings. The molecule has 0 saturated heterocycles. The van der Waals surface area contributed by atoms with E-state index in [1.165, 1.54) is 35.1 Å². The number of rotatable bonds is 8. The van der Waals surface area contributed by atoms with Crippen molar-refractivity contribution in [1.82, 2.24) is 0 Å². The summed E-state index contributed by atoms with van der Waals surface area (Å²) in [6.45, 7) is 0. The lowest BCUT2D eigenvalue weighted by atomic mass is 9.92. The van der Waals surface area contributed by atoms with Crippen molar-refractivity contribution in [2.75, 3.05) is 0 Å². The molecule has 160 valence electrons. The highest BCUT2D eigenvalue weighted by molar-refractivity contribution is 5.72. The number of hydrogen-bond acceptors (Lipinski definition) is 1. The Morgan fingerprint density at radius 3 is 1.94 bits per heavy atom. The highest BCUT2D eigenvalue weighted by Crippen LogP contribution is 2.40. The fourth-order valence-corrected chi connectivity index (χ4v) is 4.56. The van der Waals surface area contributed by atoms with Crippen LogP contribution in [0.15, 0.2) is 103 Å². The first-order chi connectivity index (χ1) is 15.8. The molecule has 0 aromatic heterocycles. The smallest absolute Gasteiger partial charge is 0.0796 e. The van der Waals surface area contributed by atoms with Gasteiger partial charge in [-0.05, 0) is 77.0 Å². The van der Waals surface area contributed by atoms with Crippen LogP contribution in [0.25, 0.3) is 22.3 Å². The summed E-state index contributed by atoms with van der Waals surface area (Å²) in [6.07, 6.45) is 4.95. The standard InChI is InChI=1S/C31H30O/c32-31(12-6-9-23-7-2-1-3-8-23)30-11-5-4-10-29(30)28-21-19-27(20-22-28)26-17-15-25(16-18-26)24-13-14-24/h1-5,7-8,10-11,15-22,24,31-32H,6,9,12-14H2. The largest absolute Gasteiger partial charge is 0.388 e. The van der Waals surface area contributed by atoms with Crippen molar-refractivity contribution >= 4 is 0 Å². The molecule has 1 nitrogen and oxygen atoms in total. The van der Waals surface area contributed by atoms with E-state index in [4.69, 9.17) is 0 Å². The van der Waals surface area contributed by atoms with Crippen LogP contribution in [0.5, 0.6) is 0 Å². The molecule has 0 bridgehead atoms. The molecule has 1 heteroatoms. The molecule has 0 spiro atoms. The van der Waals surface area contributed by atoms with E-state index in [1.54, 1.807) is 0 Å². The van der Waals surface area contributed by atoms with Crippen LogP contribution >= 0.6 is 0 Å². The van der Waals surface area contributed by atoms with Crippen LogP contribution in [0.1, 0.15) is 54.4 Å². The molecule has 1 aliphatic carbocycles. The summed E-state index contributed by atoms with van der Waals surface area (Å²) >= 11 is 0. The van der Waals surface area contributed by atoms with Crippen molar-refractivity contribution in [2.45, 2.75) is 44.1 Å². The van der Waals surface area contributed by atoms with Gasteiger partial charge in [0.1, 0.15) is 0 Å². The molecule has 0 radical (unpaired) electrons. The number of benzene rings is 4. The Kier molecular flexibility index (Phi) is 6.18. The molecule has 0 amide bonds. The lowest BCUT2D eigenvalue weighted by molar-refractivity contribution is 0.165. The van der Waals surface area contributed by atoms with E-state index in [2.05, 4.69) is 91.0 Å². The fraction of sp³-hybridized carbons (Fsp3) is 0.226. The molecule has 32 heavy (non-hydrogen) atoms. The summed E-state index contributed by atoms with van der Waals surface area (Å²) in [6, 6.07) is 36.6. The van der Waals surface area contributed by atoms with E-state index in [9.17, 15) is 5.11 Å². The molecule has 1 saturated carbocycles. The SMILES string of the molecule is OC(CCCc1ccccc1)c1ccccc1-c1ccc(-c2ccc(C3CC3)cc2)cc1. The minimum Gasteiger partial charge on any atom is -0.388 e. The summed E-state index contributed by atoms with van der Waals surface area (Å²) in [4.78, 5) is 0. The third-order valence-electron chi connectivity index (χ3n) is 6.59. The van der Waals surface area contributed by atoms with E-state index in [1.807, 2.05) is 12.1 Å². The summed E-state index contributed by atoms with van der Waals surface area (Å²) in [5.41, 5.74) is 8.58. The number of aliphatic hydroxyl groups is 1. The predicted octanol–water partition coefficient (Wildman–Crippen LogP) is 7.95. The van der Waals surface area contributed by atoms with Gasteiger partial charge < -0.3 is 5.11 Å². The summed E-state index contributed by atoms with van der Waals surface area (Å²) in [7, 11) is 0. The van der Waals surface area contributed by atoms with Crippen molar-refractivity contribution in [3.63, 3.8) is 0 Å². The van der Waals surface area contributed by atoms with Crippen LogP contribution in [-0.2, 0) is 6.42 Å². The molecule has 0 heterocycles. The summed E-state index contributed by atoms with van der Waals surface area (Å²) < 4.78 is 0. The van der Waals surface area contributed by atoms with E-state index in [0.717, 1.165) is 41.9 Å². The van der Waals surface area contributed by atoms with Crippen LogP contribution in [0.3, 0.4) is 0 Å². The van der Waals surface area contributed by atoms with E-state index < -0.39 is 6.10 Å². The quantitative estimate of drug-likeness (QED) is 0.308. The maximum absolute atomic E-state index is 10.9. The van der Waals surface area contributed by atoms with Gasteiger partial charge in [0.2, 0.25) is 0 Å². The van der Waals surface area contributed by atoms with Crippen molar-refractivity contribution in [2.24, 2.45) is 0 Å². The molecule has 4 aromatic rings. The fourth-order valence-electron chi connectivity index (χ4n) is 4.56. The molecule has 1 N–H and O–H groups in total. The Labute approximate surface area is 191 Å². The van der Waals surface area contributed by atoms with Crippen LogP contribution in [0, 0.1) is 0 Å². The van der Waals surface area contributed by atoms with Gasteiger partial charge in [-0.1, -0.05) is 103 Å². The van der Waals surface area contributed by atoms with Gasteiger partial charge in [-0.2, -0.15) is 0 Å². The van der Waals surface area contributed by atoms with E-state index in [-0.39, 0.29) is 0 Å². The maximum atomic E-state index is 10.9. The molecular weight excluding hydrogens is 388 g/mol. The second-order valence-electron chi connectivity index (χ2n) is 8.95. The first kappa shape index (κ1) is 20.7. The Hall–Kier alpha value is -3.16. The molecule has 4 aromatic carbocycles. The third-order valence-corrected chi connectivity index (χ3v) is 6.59. The zero-order valence-corrected chi connectivity index (χ0v) is 18.5. The second kappa shape index (κ2) is 9.54. The van der Waals surface area contributed by atoms with Crippen molar-refractivity contribution in [3.05, 3.63) is 120 Å². The van der Waals surface area contributed by atoms with Gasteiger partial charge in [0.05, 0.1) is 6.10 Å². The van der Waals surface area contributed by atoms with E-state index in [0.29, 0.717) is 0 Å². The third kappa shape index (κ3) is 4.84. The number of hydrogen-bond donors (Lipinski definition) is 1. The van der Waals surface area contributed by atoms with E-state index >= 15 is 0 Å². The van der Waals surface area contributed by atoms with Crippen LogP contribution in [0.2, 0.25) is 0 Å². The maximum Gasteiger partial charge on any atom is 0.0796 e. The van der Waals surface area contributed by atoms with Crippen molar-refractivity contribution in [1.29, 1.82) is 0 Å². The van der Waals surface area contributed by atoms with Gasteiger partial charge in [0, 0.05) is 0 Å². The normalized spacial score (nSPS) is 14.3. The van der Waals surface area contributed by atoms with Gasteiger partial charge in [-0.3, -0.25) is 0 Å². The van der Waals surface area contributed by atoms with Gasteiger partial charge in [-0.15, -0.1) is 0 Å². The Morgan fingerprint density at radius 1 is 0.656 bits per heavy atom. The molecule has 1 aliphatic rings. The lowest BCUT2D eigenvalue weighted by Crippen LogP contribution is -2.01. The van der Waals surface area contributed by atoms with Gasteiger partial charge >= 0.3 is 0 Å². The van der Waals surface area contributed by atoms with Crippen molar-refractivity contribution in [3.8, 4) is 22.3 Å². The average Bonchev–Trinajstić information content (AvgIpc) is 3.71. The highest BCUT2D eigenvalue weighted by Gasteiger charge is 2.23. The second-order valence-corrected chi connectivity index (χ2v) is 8.95. The monoisotopic (exact) mass is 418 g/mol. The first-order valence-electron chi connectivity index (χ1n) is 11.8. The zero-order chi connectivity index (χ0) is 21.8. The average molecular weight is 419 g/mol. The highest BCUT2D eigenvalue weighted by atomic mass is 16.3. The Balaban J connectivity index is 1.29. The Morgan fingerprint density at radius 2 is 1.25 bits per heavy atom. The Bertz CT molecular complexity index is 1140. The minimum atomic E-state index is -0.454. The zero-order valence-electron chi connectivity index (χ0n) is 18.5. The molecule has 1 atom stereocenters. The predicted molar refractivity (Wildman–Crippen MR) is 134 cm³/mol. The van der Waals surface area contributed by atoms with Crippen molar-refractivity contribution < 1.29 is 5.11 Å². The molecule has 5 rings (SSSR count). The molecule has 0 aliphatic heterocycles. The summed E-state index contributed by atoms with van der Waals surface area (Å²) in [5.74, 6) is 0.794. The minimum absolute atomic E-state index is 0.454. The van der Waals surface area contributed by atoms with Crippen LogP contribution in [-0.4, -0.2) is 5.11 Å². The van der Waals surface area contributed by atoms with Gasteiger partial charge in [0.25, 0.3) is 0 Å². The van der Waals surface area contributed by atoms with Gasteiger partial charge in [-0.25, -0.2) is 0 Å². The topological polar surface area (TPSA) is 20.2 Å². The van der Waals surface area contributed by atoms with Gasteiger partial charge in [0.15, 0.2) is 0 Å². The van der Waals surface area contributed by atoms with Crippen LogP contribution in [0.4, 0.5) is 0 Å². The summed E-state index contributed by atoms with van der Waals surface area (Å²) in [5, 5.41) is 10.9. The lowest BCUT2D eigenvalue weighted by Gasteiger charge is -2.16. The molecular formula is C31H30O. The number of aliphatic hydroxyl groups excluding tert-OH is 1. The molecule has 1 unspecified atom stereocenters. The van der Waals surface area contributed by atoms with Crippen LogP contribution < -0.4 is 0 Å². The first-order valence-corrected chi connectivity index (χ1v) is 11.8.